The number of hydrogen-bond acceptors (Lipinski definition) is 7. The number of nitrogens with one attached hydrogen (secondary N) is 2. The number of alkyl carbamates (subject to hydrolysis) is 2. The molecule has 0 unspecified atom stereocenters. The molecule has 0 bridgehead atoms. The van der Waals surface area contributed by atoms with E-state index in [1.165, 1.54) is 0 Å². The first-order valence-corrected chi connectivity index (χ1v) is 16.1. The van der Waals surface area contributed by atoms with E-state index in [4.69, 9.17) is 14.2 Å². The van der Waals surface area contributed by atoms with Crippen molar-refractivity contribution in [1.29, 1.82) is 0 Å². The summed E-state index contributed by atoms with van der Waals surface area (Å²) in [6, 6.07) is 9.31. The molecule has 1 aromatic heterocycles. The van der Waals surface area contributed by atoms with Gasteiger partial charge in [-0.1, -0.05) is 37.5 Å². The number of guanidine groups is 1. The summed E-state index contributed by atoms with van der Waals surface area (Å²) >= 11 is 0. The highest BCUT2D eigenvalue weighted by Crippen LogP contribution is 2.16. The van der Waals surface area contributed by atoms with E-state index in [0.717, 1.165) is 25.0 Å². The lowest BCUT2D eigenvalue weighted by atomic mass is 10.1. The number of nitrogens with zero attached hydrogens (tertiary/aromatic N) is 4. The van der Waals surface area contributed by atoms with Crippen LogP contribution in [0.4, 0.5) is 22.8 Å². The molecule has 0 radical (unpaired) electrons. The third-order valence-corrected chi connectivity index (χ3v) is 6.26. The molecule has 0 atom stereocenters. The van der Waals surface area contributed by atoms with Crippen LogP contribution in [-0.4, -0.2) is 63.7 Å². The fourth-order valence-corrected chi connectivity index (χ4v) is 4.21. The summed E-state index contributed by atoms with van der Waals surface area (Å²) in [6.07, 6.45) is 1.58. The molecule has 0 saturated heterocycles. The second-order valence-electron chi connectivity index (χ2n) is 13.0. The summed E-state index contributed by atoms with van der Waals surface area (Å²) in [5, 5.41) is 4.88. The van der Waals surface area contributed by atoms with E-state index in [9.17, 15) is 27.6 Å². The lowest BCUT2D eigenvalue weighted by molar-refractivity contribution is -0.169. The summed E-state index contributed by atoms with van der Waals surface area (Å²) < 4.78 is 58.4. The molecular formula is C33H49F3N6O6. The minimum absolute atomic E-state index is 0.0434. The van der Waals surface area contributed by atoms with Gasteiger partial charge in [-0.05, 0) is 79.4 Å². The summed E-state index contributed by atoms with van der Waals surface area (Å²) in [4.78, 5) is 43.9. The van der Waals surface area contributed by atoms with Crippen molar-refractivity contribution in [2.45, 2.75) is 117 Å². The number of rotatable bonds is 14. The molecule has 3 amide bonds. The van der Waals surface area contributed by atoms with Crippen molar-refractivity contribution in [3.8, 4) is 5.75 Å². The molecule has 268 valence electrons. The van der Waals surface area contributed by atoms with Gasteiger partial charge in [-0.25, -0.2) is 9.59 Å². The Balaban J connectivity index is 1.88. The maximum absolute atomic E-state index is 13.0. The van der Waals surface area contributed by atoms with Crippen molar-refractivity contribution >= 4 is 24.1 Å². The Labute approximate surface area is 279 Å². The highest BCUT2D eigenvalue weighted by atomic mass is 19.4. The molecule has 0 spiro atoms. The zero-order chi connectivity index (χ0) is 35.8. The van der Waals surface area contributed by atoms with E-state index in [1.54, 1.807) is 63.1 Å². The number of para-hydroxylation sites is 1. The van der Waals surface area contributed by atoms with Crippen LogP contribution >= 0.6 is 0 Å². The molecule has 2 rings (SSSR count). The largest absolute Gasteiger partial charge is 0.494 e. The molecule has 2 aromatic rings. The Morgan fingerprint density at radius 2 is 1.23 bits per heavy atom. The third-order valence-electron chi connectivity index (χ3n) is 6.26. The fraction of sp³-hybridized carbons (Fsp3) is 0.606. The molecule has 48 heavy (non-hydrogen) atoms. The smallest absolute Gasteiger partial charge is 0.473 e. The Bertz CT molecular complexity index is 1370. The number of hydrogen-bond donors (Lipinski definition) is 2. The lowest BCUT2D eigenvalue weighted by Crippen LogP contribution is -2.47. The molecule has 2 N–H and O–H groups in total. The van der Waals surface area contributed by atoms with Crippen molar-refractivity contribution in [2.24, 2.45) is 9.98 Å². The van der Waals surface area contributed by atoms with E-state index in [1.807, 2.05) is 30.3 Å². The SMILES string of the molecule is CC(C)(C)OC(=O)NC(=NCCCCCCCn1ccn(CCCCOc2ccccc2)c1=NC(=O)C(F)(F)F)NC(=O)OC(C)(C)C. The summed E-state index contributed by atoms with van der Waals surface area (Å²) in [5.74, 6) is -1.50. The molecule has 0 aliphatic heterocycles. The van der Waals surface area contributed by atoms with Crippen molar-refractivity contribution in [2.75, 3.05) is 13.2 Å². The highest BCUT2D eigenvalue weighted by molar-refractivity contribution is 6.01. The van der Waals surface area contributed by atoms with Crippen LogP contribution in [0.1, 0.15) is 86.5 Å². The number of unbranched alkanes of at least 4 members (excludes halogenated alkanes) is 5. The van der Waals surface area contributed by atoms with Gasteiger partial charge in [0.1, 0.15) is 17.0 Å². The molecule has 0 aliphatic carbocycles. The van der Waals surface area contributed by atoms with Crippen LogP contribution in [0.5, 0.6) is 5.75 Å². The Hall–Kier alpha value is -4.30. The van der Waals surface area contributed by atoms with E-state index in [2.05, 4.69) is 20.6 Å². The minimum Gasteiger partial charge on any atom is -0.494 e. The first-order chi connectivity index (χ1) is 22.4. The van der Waals surface area contributed by atoms with Gasteiger partial charge in [0, 0.05) is 32.0 Å². The number of aromatic nitrogens is 2. The molecule has 1 heterocycles. The van der Waals surface area contributed by atoms with Crippen molar-refractivity contribution in [3.63, 3.8) is 0 Å². The van der Waals surface area contributed by atoms with E-state index >= 15 is 0 Å². The molecular weight excluding hydrogens is 633 g/mol. The number of halogens is 3. The third kappa shape index (κ3) is 17.0. The number of ether oxygens (including phenoxy) is 3. The lowest BCUT2D eigenvalue weighted by Gasteiger charge is -2.22. The van der Waals surface area contributed by atoms with Crippen LogP contribution in [-0.2, 0) is 27.4 Å². The number of imidazole rings is 1. The first-order valence-electron chi connectivity index (χ1n) is 16.1. The van der Waals surface area contributed by atoms with Crippen molar-refractivity contribution < 1.29 is 41.8 Å². The van der Waals surface area contributed by atoms with Crippen molar-refractivity contribution in [1.82, 2.24) is 19.8 Å². The number of carbonyl (C=O) groups excluding carboxylic acids is 3. The molecule has 0 aliphatic rings. The van der Waals surface area contributed by atoms with Crippen LogP contribution in [0.15, 0.2) is 52.7 Å². The maximum atomic E-state index is 13.0. The molecule has 1 aromatic carbocycles. The number of benzene rings is 1. The molecule has 15 heteroatoms. The van der Waals surface area contributed by atoms with Gasteiger partial charge in [-0.2, -0.15) is 18.2 Å². The molecule has 0 fully saturated rings. The zero-order valence-electron chi connectivity index (χ0n) is 28.7. The monoisotopic (exact) mass is 682 g/mol. The van der Waals surface area contributed by atoms with E-state index in [0.29, 0.717) is 51.9 Å². The quantitative estimate of drug-likeness (QED) is 0.133. The van der Waals surface area contributed by atoms with Crippen LogP contribution < -0.4 is 21.0 Å². The average molecular weight is 683 g/mol. The topological polar surface area (TPSA) is 138 Å². The zero-order valence-corrected chi connectivity index (χ0v) is 28.7. The van der Waals surface area contributed by atoms with Crippen LogP contribution in [0.3, 0.4) is 0 Å². The van der Waals surface area contributed by atoms with E-state index in [-0.39, 0.29) is 11.6 Å². The van der Waals surface area contributed by atoms with Gasteiger partial charge >= 0.3 is 24.3 Å². The number of carbonyl (C=O) groups is 3. The van der Waals surface area contributed by atoms with Gasteiger partial charge in [-0.3, -0.25) is 20.4 Å². The summed E-state index contributed by atoms with van der Waals surface area (Å²) in [6.45, 7) is 11.8. The van der Waals surface area contributed by atoms with Crippen molar-refractivity contribution in [3.05, 3.63) is 48.3 Å². The molecule has 0 saturated carbocycles. The Morgan fingerprint density at radius 3 is 1.75 bits per heavy atom. The second-order valence-corrected chi connectivity index (χ2v) is 13.0. The first kappa shape index (κ1) is 39.9. The number of amides is 3. The number of aliphatic imine (C=N–C) groups is 1. The van der Waals surface area contributed by atoms with Gasteiger partial charge < -0.3 is 23.3 Å². The van der Waals surface area contributed by atoms with E-state index < -0.39 is 35.5 Å². The Morgan fingerprint density at radius 1 is 0.729 bits per heavy atom. The van der Waals surface area contributed by atoms with Crippen LogP contribution in [0.25, 0.3) is 0 Å². The normalized spacial score (nSPS) is 12.3. The fourth-order valence-electron chi connectivity index (χ4n) is 4.21. The van der Waals surface area contributed by atoms with Crippen LogP contribution in [0.2, 0.25) is 0 Å². The predicted molar refractivity (Wildman–Crippen MR) is 174 cm³/mol. The predicted octanol–water partition coefficient (Wildman–Crippen LogP) is 6.49. The standard InChI is InChI=1S/C33H49F3N6O6/c1-31(2,3)47-29(44)39-27(40-30(45)48-32(4,5)6)37-19-13-8-7-9-14-20-41-22-23-42(28(41)38-26(43)33(34,35)36)21-15-16-24-46-25-17-11-10-12-18-25/h10-12,17-18,22-23H,7-9,13-16,19-21,24H2,1-6H3,(H2,37,39,40,44,45). The maximum Gasteiger partial charge on any atom is 0.473 e. The van der Waals surface area contributed by atoms with Gasteiger partial charge in [0.2, 0.25) is 11.6 Å². The van der Waals surface area contributed by atoms with Gasteiger partial charge in [0.25, 0.3) is 0 Å². The Kier molecular flexibility index (Phi) is 15.7. The summed E-state index contributed by atoms with van der Waals surface area (Å²) in [7, 11) is 0. The average Bonchev–Trinajstić information content (AvgIpc) is 3.32. The second kappa shape index (κ2) is 18.9. The number of alkyl halides is 3. The summed E-state index contributed by atoms with van der Waals surface area (Å²) in [5.41, 5.74) is -1.54. The molecule has 12 nitrogen and oxygen atoms in total. The number of aryl methyl sites for hydroxylation is 2. The van der Waals surface area contributed by atoms with Crippen LogP contribution in [0, 0.1) is 0 Å². The van der Waals surface area contributed by atoms with Gasteiger partial charge in [-0.15, -0.1) is 0 Å². The minimum atomic E-state index is -5.07. The highest BCUT2D eigenvalue weighted by Gasteiger charge is 2.38. The van der Waals surface area contributed by atoms with Gasteiger partial charge in [0.05, 0.1) is 6.61 Å². The van der Waals surface area contributed by atoms with Gasteiger partial charge in [0.15, 0.2) is 0 Å².